The first-order valence-corrected chi connectivity index (χ1v) is 11.5. The van der Waals surface area contributed by atoms with Gasteiger partial charge in [0.1, 0.15) is 0 Å². The van der Waals surface area contributed by atoms with E-state index in [4.69, 9.17) is 18.9 Å². The normalized spacial score (nSPS) is 16.8. The Morgan fingerprint density at radius 1 is 0.909 bits per heavy atom. The van der Waals surface area contributed by atoms with Gasteiger partial charge in [0.05, 0.1) is 12.1 Å². The van der Waals surface area contributed by atoms with E-state index < -0.39 is 0 Å². The predicted molar refractivity (Wildman–Crippen MR) is 126 cm³/mol. The zero-order chi connectivity index (χ0) is 22.4. The molecule has 0 unspecified atom stereocenters. The minimum atomic E-state index is 0.0487. The van der Waals surface area contributed by atoms with E-state index in [1.54, 1.807) is 0 Å². The third kappa shape index (κ3) is 3.72. The number of benzene rings is 3. The molecule has 6 nitrogen and oxygen atoms in total. The van der Waals surface area contributed by atoms with Crippen molar-refractivity contribution in [3.8, 4) is 23.0 Å². The van der Waals surface area contributed by atoms with Crippen molar-refractivity contribution in [3.05, 3.63) is 81.3 Å². The van der Waals surface area contributed by atoms with Crippen molar-refractivity contribution in [2.24, 2.45) is 0 Å². The van der Waals surface area contributed by atoms with E-state index in [2.05, 4.69) is 15.9 Å². The summed E-state index contributed by atoms with van der Waals surface area (Å²) in [6.07, 6.45) is 3.10. The van der Waals surface area contributed by atoms with E-state index >= 15 is 0 Å². The van der Waals surface area contributed by atoms with E-state index in [0.717, 1.165) is 44.6 Å². The maximum Gasteiger partial charge on any atom is 0.231 e. The quantitative estimate of drug-likeness (QED) is 0.499. The van der Waals surface area contributed by atoms with Crippen LogP contribution in [0.1, 0.15) is 22.3 Å². The molecule has 0 N–H and O–H groups in total. The molecule has 3 aliphatic rings. The van der Waals surface area contributed by atoms with Gasteiger partial charge in [0, 0.05) is 16.6 Å². The van der Waals surface area contributed by atoms with Crippen LogP contribution < -0.4 is 18.9 Å². The molecule has 0 fully saturated rings. The van der Waals surface area contributed by atoms with Gasteiger partial charge in [-0.1, -0.05) is 46.3 Å². The van der Waals surface area contributed by atoms with Crippen LogP contribution >= 0.6 is 15.9 Å². The molecule has 3 heterocycles. The molecule has 0 bridgehead atoms. The Balaban J connectivity index is 1.45. The summed E-state index contributed by atoms with van der Waals surface area (Å²) in [6, 6.07) is 17.7. The third-order valence-electron chi connectivity index (χ3n) is 6.05. The number of hydrogen-bond donors (Lipinski definition) is 0. The highest BCUT2D eigenvalue weighted by Gasteiger charge is 2.29. The third-order valence-corrected chi connectivity index (χ3v) is 6.74. The number of nitrogens with zero attached hydrogens (tertiary/aromatic N) is 1. The zero-order valence-corrected chi connectivity index (χ0v) is 19.3. The molecule has 0 saturated heterocycles. The van der Waals surface area contributed by atoms with E-state index in [-0.39, 0.29) is 19.5 Å². The molecule has 0 spiro atoms. The SMILES string of the molecule is O=C(Cc1ccccc1)N1CCc2cc3c(cc2C1=Cc1cc2c(cc1Br)OCO2)OCO3. The van der Waals surface area contributed by atoms with Gasteiger partial charge in [-0.3, -0.25) is 4.79 Å². The van der Waals surface area contributed by atoms with Crippen molar-refractivity contribution in [2.75, 3.05) is 20.1 Å². The summed E-state index contributed by atoms with van der Waals surface area (Å²) in [5.74, 6) is 2.89. The van der Waals surface area contributed by atoms with Crippen LogP contribution in [0.3, 0.4) is 0 Å². The van der Waals surface area contributed by atoms with Crippen LogP contribution in [0.15, 0.2) is 59.1 Å². The highest BCUT2D eigenvalue weighted by Crippen LogP contribution is 2.43. The summed E-state index contributed by atoms with van der Waals surface area (Å²) in [5.41, 5.74) is 4.82. The van der Waals surface area contributed by atoms with Gasteiger partial charge in [0.15, 0.2) is 23.0 Å². The minimum Gasteiger partial charge on any atom is -0.454 e. The molecule has 7 heteroatoms. The average Bonchev–Trinajstić information content (AvgIpc) is 3.47. The molecule has 6 rings (SSSR count). The van der Waals surface area contributed by atoms with Crippen LogP contribution in [0.4, 0.5) is 0 Å². The van der Waals surface area contributed by atoms with Gasteiger partial charge < -0.3 is 23.8 Å². The fourth-order valence-corrected chi connectivity index (χ4v) is 4.84. The number of ether oxygens (including phenoxy) is 4. The van der Waals surface area contributed by atoms with Gasteiger partial charge in [0.2, 0.25) is 19.5 Å². The first-order chi connectivity index (χ1) is 16.2. The number of rotatable bonds is 3. The number of amides is 1. The van der Waals surface area contributed by atoms with Crippen molar-refractivity contribution in [1.82, 2.24) is 4.90 Å². The van der Waals surface area contributed by atoms with Crippen molar-refractivity contribution >= 4 is 33.6 Å². The van der Waals surface area contributed by atoms with Crippen LogP contribution in [0, 0.1) is 0 Å². The minimum absolute atomic E-state index is 0.0487. The molecule has 0 aromatic heterocycles. The Labute approximate surface area is 199 Å². The number of carbonyl (C=O) groups is 1. The topological polar surface area (TPSA) is 57.2 Å². The second-order valence-electron chi connectivity index (χ2n) is 8.08. The summed E-state index contributed by atoms with van der Waals surface area (Å²) in [6.45, 7) is 1.00. The fourth-order valence-electron chi connectivity index (χ4n) is 4.40. The highest BCUT2D eigenvalue weighted by atomic mass is 79.9. The molecule has 3 aliphatic heterocycles. The van der Waals surface area contributed by atoms with E-state index in [9.17, 15) is 4.79 Å². The van der Waals surface area contributed by atoms with Gasteiger partial charge in [-0.05, 0) is 53.5 Å². The second kappa shape index (κ2) is 8.15. The fraction of sp³-hybridized carbons (Fsp3) is 0.192. The largest absolute Gasteiger partial charge is 0.454 e. The summed E-state index contributed by atoms with van der Waals surface area (Å²) < 4.78 is 23.2. The average molecular weight is 506 g/mol. The van der Waals surface area contributed by atoms with Gasteiger partial charge in [-0.15, -0.1) is 0 Å². The second-order valence-corrected chi connectivity index (χ2v) is 8.93. The van der Waals surface area contributed by atoms with Gasteiger partial charge in [-0.25, -0.2) is 0 Å². The molecule has 33 heavy (non-hydrogen) atoms. The zero-order valence-electron chi connectivity index (χ0n) is 17.7. The molecule has 1 amide bonds. The molecule has 166 valence electrons. The Kier molecular flexibility index (Phi) is 4.99. The molecule has 0 saturated carbocycles. The molecular weight excluding hydrogens is 486 g/mol. The lowest BCUT2D eigenvalue weighted by Crippen LogP contribution is -2.36. The lowest BCUT2D eigenvalue weighted by molar-refractivity contribution is -0.127. The Bertz CT molecular complexity index is 1290. The number of hydrogen-bond acceptors (Lipinski definition) is 5. The lowest BCUT2D eigenvalue weighted by Gasteiger charge is -2.32. The molecular formula is C26H20BrNO5. The van der Waals surface area contributed by atoms with E-state index in [1.165, 1.54) is 0 Å². The maximum atomic E-state index is 13.5. The van der Waals surface area contributed by atoms with Crippen LogP contribution in [0.25, 0.3) is 11.8 Å². The van der Waals surface area contributed by atoms with E-state index in [1.807, 2.05) is 65.6 Å². The number of carbonyl (C=O) groups excluding carboxylic acids is 1. The standard InChI is InChI=1S/C26H20BrNO5/c27-20-13-25-23(31-15-33-25)11-18(20)9-21-19-12-24-22(30-14-32-24)10-17(19)6-7-28(21)26(29)8-16-4-2-1-3-5-16/h1-5,9-13H,6-8,14-15H2. The van der Waals surface area contributed by atoms with Gasteiger partial charge >= 0.3 is 0 Å². The molecule has 3 aromatic carbocycles. The first-order valence-electron chi connectivity index (χ1n) is 10.7. The van der Waals surface area contributed by atoms with Crippen LogP contribution in [-0.4, -0.2) is 30.9 Å². The number of halogens is 1. The first kappa shape index (κ1) is 20.2. The van der Waals surface area contributed by atoms with Crippen molar-refractivity contribution in [2.45, 2.75) is 12.8 Å². The number of fused-ring (bicyclic) bond motifs is 3. The summed E-state index contributed by atoms with van der Waals surface area (Å²) in [5, 5.41) is 0. The Morgan fingerprint density at radius 2 is 1.58 bits per heavy atom. The van der Waals surface area contributed by atoms with Crippen molar-refractivity contribution in [3.63, 3.8) is 0 Å². The highest BCUT2D eigenvalue weighted by molar-refractivity contribution is 9.10. The Hall–Kier alpha value is -3.45. The molecule has 0 aliphatic carbocycles. The van der Waals surface area contributed by atoms with Crippen molar-refractivity contribution in [1.29, 1.82) is 0 Å². The summed E-state index contributed by atoms with van der Waals surface area (Å²) in [4.78, 5) is 15.3. The van der Waals surface area contributed by atoms with Crippen LogP contribution in [0.5, 0.6) is 23.0 Å². The van der Waals surface area contributed by atoms with Gasteiger partial charge in [-0.2, -0.15) is 0 Å². The summed E-state index contributed by atoms with van der Waals surface area (Å²) in [7, 11) is 0. The maximum absolute atomic E-state index is 13.5. The molecule has 0 atom stereocenters. The smallest absolute Gasteiger partial charge is 0.231 e. The predicted octanol–water partition coefficient (Wildman–Crippen LogP) is 5.03. The van der Waals surface area contributed by atoms with E-state index in [0.29, 0.717) is 30.2 Å². The monoisotopic (exact) mass is 505 g/mol. The molecule has 3 aromatic rings. The summed E-state index contributed by atoms with van der Waals surface area (Å²) >= 11 is 3.65. The van der Waals surface area contributed by atoms with Gasteiger partial charge in [0.25, 0.3) is 0 Å². The van der Waals surface area contributed by atoms with Crippen LogP contribution in [0.2, 0.25) is 0 Å². The Morgan fingerprint density at radius 3 is 2.33 bits per heavy atom. The van der Waals surface area contributed by atoms with Crippen LogP contribution in [-0.2, 0) is 17.6 Å². The lowest BCUT2D eigenvalue weighted by atomic mass is 9.93. The van der Waals surface area contributed by atoms with Crippen molar-refractivity contribution < 1.29 is 23.7 Å². The molecule has 0 radical (unpaired) electrons.